The zero-order valence-electron chi connectivity index (χ0n) is 11.0. The highest BCUT2D eigenvalue weighted by atomic mass is 32.2. The summed E-state index contributed by atoms with van der Waals surface area (Å²) in [5.41, 5.74) is 0.662. The summed E-state index contributed by atoms with van der Waals surface area (Å²) < 4.78 is 43.5. The summed E-state index contributed by atoms with van der Waals surface area (Å²) in [7, 11) is 0. The lowest BCUT2D eigenvalue weighted by atomic mass is 10.3. The van der Waals surface area contributed by atoms with Crippen LogP contribution in [0.3, 0.4) is 0 Å². The summed E-state index contributed by atoms with van der Waals surface area (Å²) in [5, 5.41) is 4.56. The Morgan fingerprint density at radius 1 is 1.27 bits per heavy atom. The van der Waals surface area contributed by atoms with Gasteiger partial charge in [-0.2, -0.15) is 18.3 Å². The summed E-state index contributed by atoms with van der Waals surface area (Å²) >= 11 is 1.08. The summed E-state index contributed by atoms with van der Waals surface area (Å²) in [4.78, 5) is 8.24. The van der Waals surface area contributed by atoms with E-state index >= 15 is 0 Å². The van der Waals surface area contributed by atoms with Crippen LogP contribution in [-0.4, -0.2) is 25.3 Å². The minimum absolute atomic E-state index is 0.107. The van der Waals surface area contributed by atoms with Gasteiger partial charge in [0.2, 0.25) is 5.16 Å². The molecule has 0 aliphatic rings. The van der Waals surface area contributed by atoms with Crippen LogP contribution in [-0.2, 0) is 0 Å². The molecular weight excluding hydrogens is 317 g/mol. The van der Waals surface area contributed by atoms with Crippen LogP contribution in [0.2, 0.25) is 0 Å². The minimum Gasteiger partial charge on any atom is -0.463 e. The van der Waals surface area contributed by atoms with Gasteiger partial charge in [-0.1, -0.05) is 11.8 Å². The first-order valence-electron chi connectivity index (χ1n) is 6.23. The number of hydrogen-bond acceptors (Lipinski definition) is 5. The molecule has 0 saturated carbocycles. The van der Waals surface area contributed by atoms with Crippen LogP contribution in [0.5, 0.6) is 0 Å². The average molecular weight is 326 g/mol. The second kappa shape index (κ2) is 6.22. The first-order valence-corrected chi connectivity index (χ1v) is 7.22. The molecule has 0 fully saturated rings. The van der Waals surface area contributed by atoms with Gasteiger partial charge in [0.15, 0.2) is 11.6 Å². The molecule has 0 aromatic carbocycles. The van der Waals surface area contributed by atoms with E-state index in [4.69, 9.17) is 4.42 Å². The zero-order valence-corrected chi connectivity index (χ0v) is 11.9. The summed E-state index contributed by atoms with van der Waals surface area (Å²) in [6.45, 7) is 0. The van der Waals surface area contributed by atoms with Crippen LogP contribution in [0.4, 0.5) is 13.2 Å². The fraction of sp³-hybridized carbons (Fsp3) is 0.154. The Morgan fingerprint density at radius 2 is 2.14 bits per heavy atom. The number of fused-ring (bicyclic) bond motifs is 1. The van der Waals surface area contributed by atoms with Crippen molar-refractivity contribution >= 4 is 17.5 Å². The van der Waals surface area contributed by atoms with Gasteiger partial charge >= 0.3 is 6.08 Å². The van der Waals surface area contributed by atoms with E-state index in [-0.39, 0.29) is 12.2 Å². The van der Waals surface area contributed by atoms with E-state index in [0.717, 1.165) is 11.8 Å². The smallest absolute Gasteiger partial charge is 0.301 e. The maximum atomic E-state index is 12.7. The fourth-order valence-corrected chi connectivity index (χ4v) is 2.52. The number of allylic oxidation sites excluding steroid dienone is 1. The second-order valence-electron chi connectivity index (χ2n) is 4.18. The molecule has 0 aliphatic carbocycles. The molecule has 0 N–H and O–H groups in total. The Hall–Kier alpha value is -2.29. The average Bonchev–Trinajstić information content (AvgIpc) is 3.15. The SMILES string of the molecule is FC(F)=C(F)CCSc1nc2nccc(-c3ccco3)n2n1. The Bertz CT molecular complexity index is 812. The quantitative estimate of drug-likeness (QED) is 0.665. The van der Waals surface area contributed by atoms with Gasteiger partial charge in [0, 0.05) is 18.4 Å². The van der Waals surface area contributed by atoms with Gasteiger partial charge in [-0.15, -0.1) is 5.10 Å². The van der Waals surface area contributed by atoms with Crippen molar-refractivity contribution < 1.29 is 17.6 Å². The lowest BCUT2D eigenvalue weighted by molar-refractivity contribution is 0.373. The topological polar surface area (TPSA) is 56.2 Å². The number of furan rings is 1. The van der Waals surface area contributed by atoms with Gasteiger partial charge in [0.25, 0.3) is 5.78 Å². The largest absolute Gasteiger partial charge is 0.463 e. The number of thioether (sulfide) groups is 1. The highest BCUT2D eigenvalue weighted by Crippen LogP contribution is 2.23. The number of rotatable bonds is 5. The molecule has 3 aromatic heterocycles. The van der Waals surface area contributed by atoms with Crippen molar-refractivity contribution in [3.05, 3.63) is 42.6 Å². The predicted molar refractivity (Wildman–Crippen MR) is 74.2 cm³/mol. The van der Waals surface area contributed by atoms with Crippen molar-refractivity contribution in [3.63, 3.8) is 0 Å². The highest BCUT2D eigenvalue weighted by Gasteiger charge is 2.12. The van der Waals surface area contributed by atoms with E-state index in [1.54, 1.807) is 24.4 Å². The number of aromatic nitrogens is 4. The Kier molecular flexibility index (Phi) is 4.14. The molecule has 0 amide bonds. The fourth-order valence-electron chi connectivity index (χ4n) is 1.77. The van der Waals surface area contributed by atoms with Crippen LogP contribution < -0.4 is 0 Å². The van der Waals surface area contributed by atoms with Gasteiger partial charge in [0.05, 0.1) is 6.26 Å². The standard InChI is InChI=1S/C13H9F3N4OS/c14-8(11(15)16)4-7-22-13-18-12-17-5-3-9(20(12)19-13)10-2-1-6-21-10/h1-3,5-6H,4,7H2. The predicted octanol–water partition coefficient (Wildman–Crippen LogP) is 3.94. The highest BCUT2D eigenvalue weighted by molar-refractivity contribution is 7.99. The first kappa shape index (κ1) is 14.6. The number of hydrogen-bond donors (Lipinski definition) is 0. The number of halogens is 3. The lowest BCUT2D eigenvalue weighted by Gasteiger charge is -1.98. The number of nitrogens with zero attached hydrogens (tertiary/aromatic N) is 4. The summed E-state index contributed by atoms with van der Waals surface area (Å²) in [6, 6.07) is 5.23. The maximum Gasteiger partial charge on any atom is 0.301 e. The van der Waals surface area contributed by atoms with Gasteiger partial charge in [-0.05, 0) is 18.2 Å². The van der Waals surface area contributed by atoms with E-state index < -0.39 is 11.9 Å². The van der Waals surface area contributed by atoms with Crippen molar-refractivity contribution in [2.24, 2.45) is 0 Å². The van der Waals surface area contributed by atoms with Crippen molar-refractivity contribution in [2.45, 2.75) is 11.6 Å². The third-order valence-corrected chi connectivity index (χ3v) is 3.59. The third-order valence-electron chi connectivity index (χ3n) is 2.75. The molecule has 0 bridgehead atoms. The molecule has 0 radical (unpaired) electrons. The van der Waals surface area contributed by atoms with Gasteiger partial charge in [-0.25, -0.2) is 9.37 Å². The molecule has 3 aromatic rings. The molecule has 5 nitrogen and oxygen atoms in total. The van der Waals surface area contributed by atoms with Crippen LogP contribution in [0.15, 0.2) is 52.1 Å². The Labute approximate surface area is 126 Å². The molecule has 22 heavy (non-hydrogen) atoms. The van der Waals surface area contributed by atoms with Crippen molar-refractivity contribution in [1.29, 1.82) is 0 Å². The van der Waals surface area contributed by atoms with Crippen molar-refractivity contribution in [2.75, 3.05) is 5.75 Å². The van der Waals surface area contributed by atoms with E-state index in [2.05, 4.69) is 15.1 Å². The van der Waals surface area contributed by atoms with E-state index in [0.29, 0.717) is 22.4 Å². The first-order chi connectivity index (χ1) is 10.6. The van der Waals surface area contributed by atoms with E-state index in [9.17, 15) is 13.2 Å². The molecular formula is C13H9F3N4OS. The second-order valence-corrected chi connectivity index (χ2v) is 5.24. The molecule has 0 atom stereocenters. The van der Waals surface area contributed by atoms with Crippen LogP contribution in [0.25, 0.3) is 17.2 Å². The van der Waals surface area contributed by atoms with Crippen LogP contribution in [0.1, 0.15) is 6.42 Å². The maximum absolute atomic E-state index is 12.7. The summed E-state index contributed by atoms with van der Waals surface area (Å²) in [5.74, 6) is -0.354. The normalized spacial score (nSPS) is 11.0. The Morgan fingerprint density at radius 3 is 2.86 bits per heavy atom. The zero-order chi connectivity index (χ0) is 15.5. The molecule has 114 valence electrons. The lowest BCUT2D eigenvalue weighted by Crippen LogP contribution is -1.94. The van der Waals surface area contributed by atoms with E-state index in [1.165, 1.54) is 10.8 Å². The molecule has 3 rings (SSSR count). The monoisotopic (exact) mass is 326 g/mol. The molecule has 9 heteroatoms. The molecule has 0 spiro atoms. The minimum atomic E-state index is -2.29. The van der Waals surface area contributed by atoms with Gasteiger partial charge < -0.3 is 4.42 Å². The molecule has 3 heterocycles. The molecule has 0 saturated heterocycles. The Balaban J connectivity index is 1.82. The third kappa shape index (κ3) is 2.98. The van der Waals surface area contributed by atoms with Gasteiger partial charge in [-0.3, -0.25) is 0 Å². The van der Waals surface area contributed by atoms with Crippen LogP contribution >= 0.6 is 11.8 Å². The molecule has 0 unspecified atom stereocenters. The molecule has 0 aliphatic heterocycles. The van der Waals surface area contributed by atoms with Crippen molar-refractivity contribution in [1.82, 2.24) is 19.6 Å². The van der Waals surface area contributed by atoms with Crippen LogP contribution in [0, 0.1) is 0 Å². The summed E-state index contributed by atoms with van der Waals surface area (Å²) in [6.07, 6.45) is 0.442. The van der Waals surface area contributed by atoms with Crippen molar-refractivity contribution in [3.8, 4) is 11.5 Å². The van der Waals surface area contributed by atoms with Gasteiger partial charge in [0.1, 0.15) is 5.69 Å². The van der Waals surface area contributed by atoms with E-state index in [1.807, 2.05) is 0 Å².